The van der Waals surface area contributed by atoms with Gasteiger partial charge in [0.25, 0.3) is 0 Å². The first kappa shape index (κ1) is 11.6. The summed E-state index contributed by atoms with van der Waals surface area (Å²) < 4.78 is 0. The molecule has 0 saturated carbocycles. The second-order valence-electron chi connectivity index (χ2n) is 3.32. The Kier molecular flexibility index (Phi) is 4.23. The number of nitrogens with two attached hydrogens (primary N) is 1. The van der Waals surface area contributed by atoms with Gasteiger partial charge in [0.2, 0.25) is 5.91 Å². The molecule has 0 spiro atoms. The number of amides is 1. The predicted octanol–water partition coefficient (Wildman–Crippen LogP) is 0.451. The third-order valence-electron chi connectivity index (χ3n) is 1.87. The first-order chi connectivity index (χ1) is 7.11. The van der Waals surface area contributed by atoms with Gasteiger partial charge in [-0.2, -0.15) is 5.48 Å². The molecule has 0 heterocycles. The van der Waals surface area contributed by atoms with Crippen molar-refractivity contribution in [3.8, 4) is 0 Å². The molecule has 1 aromatic rings. The van der Waals surface area contributed by atoms with E-state index in [9.17, 15) is 4.79 Å². The van der Waals surface area contributed by atoms with E-state index in [1.807, 2.05) is 23.7 Å². The van der Waals surface area contributed by atoms with Gasteiger partial charge in [0.05, 0.1) is 6.17 Å². The van der Waals surface area contributed by atoms with Crippen LogP contribution in [0.25, 0.3) is 0 Å². The van der Waals surface area contributed by atoms with Crippen LogP contribution in [0.2, 0.25) is 0 Å². The summed E-state index contributed by atoms with van der Waals surface area (Å²) in [6.07, 6.45) is -0.0122. The minimum Gasteiger partial charge on any atom is -0.326 e. The highest BCUT2D eigenvalue weighted by Crippen LogP contribution is 2.11. The summed E-state index contributed by atoms with van der Waals surface area (Å²) in [5.41, 5.74) is 9.14. The molecule has 0 aromatic heterocycles. The molecule has 0 aliphatic rings. The van der Waals surface area contributed by atoms with Crippen LogP contribution >= 0.6 is 0 Å². The van der Waals surface area contributed by atoms with E-state index in [4.69, 9.17) is 10.9 Å². The quantitative estimate of drug-likeness (QED) is 0.428. The summed E-state index contributed by atoms with van der Waals surface area (Å²) in [7, 11) is 0. The third kappa shape index (κ3) is 4.07. The van der Waals surface area contributed by atoms with Crippen molar-refractivity contribution in [1.29, 1.82) is 0 Å². The number of nitrogens with one attached hydrogen (secondary N) is 2. The van der Waals surface area contributed by atoms with Gasteiger partial charge in [-0.3, -0.25) is 4.79 Å². The third-order valence-corrected chi connectivity index (χ3v) is 1.87. The Labute approximate surface area is 88.2 Å². The molecule has 82 valence electrons. The summed E-state index contributed by atoms with van der Waals surface area (Å²) in [4.78, 5) is 10.8. The second-order valence-corrected chi connectivity index (χ2v) is 3.32. The highest BCUT2D eigenvalue weighted by Gasteiger charge is 2.03. The van der Waals surface area contributed by atoms with Gasteiger partial charge in [0.15, 0.2) is 0 Å². The molecule has 0 aliphatic heterocycles. The van der Waals surface area contributed by atoms with Gasteiger partial charge in [-0.05, 0) is 17.7 Å². The molecular formula is C10H15N3O2. The number of carbonyl (C=O) groups excluding carboxylic acids is 1. The van der Waals surface area contributed by atoms with Crippen LogP contribution in [0.15, 0.2) is 24.3 Å². The van der Waals surface area contributed by atoms with Gasteiger partial charge in [-0.15, -0.1) is 0 Å². The van der Waals surface area contributed by atoms with Gasteiger partial charge >= 0.3 is 0 Å². The first-order valence-corrected chi connectivity index (χ1v) is 4.63. The Morgan fingerprint density at radius 1 is 1.60 bits per heavy atom. The molecule has 15 heavy (non-hydrogen) atoms. The number of hydrogen-bond acceptors (Lipinski definition) is 4. The highest BCUT2D eigenvalue weighted by atomic mass is 16.5. The molecule has 0 unspecified atom stereocenters. The van der Waals surface area contributed by atoms with Crippen molar-refractivity contribution in [3.63, 3.8) is 0 Å². The van der Waals surface area contributed by atoms with E-state index in [0.29, 0.717) is 6.42 Å². The fourth-order valence-electron chi connectivity index (χ4n) is 1.28. The lowest BCUT2D eigenvalue weighted by Gasteiger charge is -2.10. The van der Waals surface area contributed by atoms with Crippen molar-refractivity contribution >= 4 is 11.6 Å². The first-order valence-electron chi connectivity index (χ1n) is 4.63. The molecular weight excluding hydrogens is 194 g/mol. The Hall–Kier alpha value is -1.43. The number of benzene rings is 1. The fraction of sp³-hybridized carbons (Fsp3) is 0.300. The van der Waals surface area contributed by atoms with Crippen LogP contribution in [0.4, 0.5) is 5.69 Å². The molecule has 1 rings (SSSR count). The van der Waals surface area contributed by atoms with Crippen molar-refractivity contribution in [2.45, 2.75) is 19.5 Å². The number of hydroxylamine groups is 1. The Balaban J connectivity index is 2.69. The topological polar surface area (TPSA) is 87.4 Å². The summed E-state index contributed by atoms with van der Waals surface area (Å²) in [5, 5.41) is 11.2. The van der Waals surface area contributed by atoms with E-state index < -0.39 is 6.17 Å². The van der Waals surface area contributed by atoms with E-state index >= 15 is 0 Å². The summed E-state index contributed by atoms with van der Waals surface area (Å²) in [5.74, 6) is -0.114. The van der Waals surface area contributed by atoms with Crippen molar-refractivity contribution in [2.75, 3.05) is 5.32 Å². The Morgan fingerprint density at radius 2 is 2.33 bits per heavy atom. The molecule has 1 amide bonds. The largest absolute Gasteiger partial charge is 0.326 e. The summed E-state index contributed by atoms with van der Waals surface area (Å²) in [6.45, 7) is 1.45. The van der Waals surface area contributed by atoms with Crippen LogP contribution in [0.3, 0.4) is 0 Å². The maximum absolute atomic E-state index is 10.8. The van der Waals surface area contributed by atoms with E-state index in [1.165, 1.54) is 6.92 Å². The van der Waals surface area contributed by atoms with Crippen LogP contribution < -0.4 is 16.5 Å². The van der Waals surface area contributed by atoms with Crippen LogP contribution in [-0.4, -0.2) is 17.3 Å². The lowest BCUT2D eigenvalue weighted by molar-refractivity contribution is -0.114. The van der Waals surface area contributed by atoms with E-state index in [2.05, 4.69) is 5.32 Å². The smallest absolute Gasteiger partial charge is 0.221 e. The van der Waals surface area contributed by atoms with E-state index in [0.717, 1.165) is 11.3 Å². The molecule has 0 bridgehead atoms. The summed E-state index contributed by atoms with van der Waals surface area (Å²) >= 11 is 0. The highest BCUT2D eigenvalue weighted by molar-refractivity contribution is 5.88. The SMILES string of the molecule is CC(=O)Nc1cccc(C[C@H](N)NO)c1. The number of rotatable bonds is 4. The van der Waals surface area contributed by atoms with E-state index in [-0.39, 0.29) is 5.91 Å². The number of anilines is 1. The molecule has 1 atom stereocenters. The zero-order chi connectivity index (χ0) is 11.3. The van der Waals surface area contributed by atoms with Crippen LogP contribution in [0, 0.1) is 0 Å². The molecule has 5 N–H and O–H groups in total. The number of hydrogen-bond donors (Lipinski definition) is 4. The van der Waals surface area contributed by atoms with Gasteiger partial charge < -0.3 is 16.3 Å². The monoisotopic (exact) mass is 209 g/mol. The molecule has 0 fully saturated rings. The van der Waals surface area contributed by atoms with Gasteiger partial charge in [-0.25, -0.2) is 0 Å². The van der Waals surface area contributed by atoms with Gasteiger partial charge in [0, 0.05) is 19.0 Å². The lowest BCUT2D eigenvalue weighted by Crippen LogP contribution is -2.36. The Bertz CT molecular complexity index is 341. The van der Waals surface area contributed by atoms with Crippen molar-refractivity contribution < 1.29 is 10.0 Å². The minimum atomic E-state index is -0.502. The van der Waals surface area contributed by atoms with Crippen molar-refractivity contribution in [3.05, 3.63) is 29.8 Å². The maximum atomic E-state index is 10.8. The number of carbonyl (C=O) groups is 1. The minimum absolute atomic E-state index is 0.114. The van der Waals surface area contributed by atoms with E-state index in [1.54, 1.807) is 6.07 Å². The predicted molar refractivity (Wildman–Crippen MR) is 57.3 cm³/mol. The van der Waals surface area contributed by atoms with Gasteiger partial charge in [0.1, 0.15) is 0 Å². The zero-order valence-corrected chi connectivity index (χ0v) is 8.53. The van der Waals surface area contributed by atoms with Crippen LogP contribution in [0.1, 0.15) is 12.5 Å². The molecule has 1 aromatic carbocycles. The average Bonchev–Trinajstić information content (AvgIpc) is 2.17. The maximum Gasteiger partial charge on any atom is 0.221 e. The fourth-order valence-corrected chi connectivity index (χ4v) is 1.28. The second kappa shape index (κ2) is 5.45. The van der Waals surface area contributed by atoms with Crippen molar-refractivity contribution in [1.82, 2.24) is 5.48 Å². The standard InChI is InChI=1S/C10H15N3O2/c1-7(14)12-9-4-2-3-8(5-9)6-10(11)13-15/h2-5,10,13,15H,6,11H2,1H3,(H,12,14)/t10-/m1/s1. The zero-order valence-electron chi connectivity index (χ0n) is 8.53. The molecule has 5 heteroatoms. The average molecular weight is 209 g/mol. The molecule has 0 aliphatic carbocycles. The lowest BCUT2D eigenvalue weighted by atomic mass is 10.1. The normalized spacial score (nSPS) is 12.2. The molecule has 0 saturated heterocycles. The van der Waals surface area contributed by atoms with Gasteiger partial charge in [-0.1, -0.05) is 12.1 Å². The summed E-state index contributed by atoms with van der Waals surface area (Å²) in [6, 6.07) is 7.31. The molecule has 5 nitrogen and oxygen atoms in total. The van der Waals surface area contributed by atoms with Crippen LogP contribution in [0.5, 0.6) is 0 Å². The Morgan fingerprint density at radius 3 is 2.93 bits per heavy atom. The van der Waals surface area contributed by atoms with Crippen LogP contribution in [-0.2, 0) is 11.2 Å². The van der Waals surface area contributed by atoms with Crippen molar-refractivity contribution in [2.24, 2.45) is 5.73 Å². The molecule has 0 radical (unpaired) electrons.